The molecule has 0 aliphatic carbocycles. The Bertz CT molecular complexity index is 1520. The quantitative estimate of drug-likeness (QED) is 0.381. The summed E-state index contributed by atoms with van der Waals surface area (Å²) in [6.07, 6.45) is 0.671. The Balaban J connectivity index is 1.68. The van der Waals surface area contributed by atoms with Crippen LogP contribution >= 0.6 is 0 Å². The van der Waals surface area contributed by atoms with Crippen LogP contribution in [0.4, 0.5) is 0 Å². The maximum Gasteiger partial charge on any atom is 0.335 e. The van der Waals surface area contributed by atoms with Gasteiger partial charge >= 0.3 is 5.69 Å². The Labute approximate surface area is 196 Å². The Kier molecular flexibility index (Phi) is 6.15. The van der Waals surface area contributed by atoms with Crippen LogP contribution in [0.2, 0.25) is 0 Å². The SMILES string of the molecule is COc1ccc(-n2c(O)c(C(C)=NCCc3c(C)[nH]c4c(C)ccc(C)c34)c(=O)[nH]c2=O)cc1. The molecule has 0 radical (unpaired) electrons. The van der Waals surface area contributed by atoms with Gasteiger partial charge in [0.1, 0.15) is 11.3 Å². The zero-order valence-corrected chi connectivity index (χ0v) is 19.9. The summed E-state index contributed by atoms with van der Waals surface area (Å²) in [6, 6.07) is 10.8. The monoisotopic (exact) mass is 460 g/mol. The molecule has 0 aliphatic rings. The van der Waals surface area contributed by atoms with Crippen molar-refractivity contribution in [1.82, 2.24) is 14.5 Å². The van der Waals surface area contributed by atoms with E-state index in [-0.39, 0.29) is 5.56 Å². The molecule has 176 valence electrons. The lowest BCUT2D eigenvalue weighted by atomic mass is 10.0. The number of aromatic hydroxyl groups is 1. The number of fused-ring (bicyclic) bond motifs is 1. The number of aryl methyl sites for hydroxylation is 3. The lowest BCUT2D eigenvalue weighted by molar-refractivity contribution is 0.414. The standard InChI is InChI=1S/C26H28N4O4/c1-14-6-7-15(2)23-21(14)20(16(3)28-23)12-13-27-17(4)22-24(31)29-26(33)30(25(22)32)18-8-10-19(34-5)11-9-18/h6-11,28,32H,12-13H2,1-5H3,(H,29,31,33). The van der Waals surface area contributed by atoms with E-state index in [1.54, 1.807) is 31.2 Å². The molecule has 2 heterocycles. The van der Waals surface area contributed by atoms with Crippen molar-refractivity contribution < 1.29 is 9.84 Å². The number of methoxy groups -OCH3 is 1. The smallest absolute Gasteiger partial charge is 0.335 e. The maximum absolute atomic E-state index is 12.6. The number of rotatable bonds is 6. The van der Waals surface area contributed by atoms with Crippen molar-refractivity contribution in [3.8, 4) is 17.3 Å². The van der Waals surface area contributed by atoms with Gasteiger partial charge in [0.05, 0.1) is 12.8 Å². The van der Waals surface area contributed by atoms with E-state index in [2.05, 4.69) is 40.9 Å². The largest absolute Gasteiger partial charge is 0.497 e. The summed E-state index contributed by atoms with van der Waals surface area (Å²) >= 11 is 0. The fourth-order valence-corrected chi connectivity index (χ4v) is 4.36. The molecule has 0 aliphatic heterocycles. The van der Waals surface area contributed by atoms with Crippen LogP contribution in [0.1, 0.15) is 34.9 Å². The van der Waals surface area contributed by atoms with Gasteiger partial charge in [0.15, 0.2) is 0 Å². The highest BCUT2D eigenvalue weighted by atomic mass is 16.5. The van der Waals surface area contributed by atoms with Gasteiger partial charge in [-0.05, 0) is 75.1 Å². The first-order valence-corrected chi connectivity index (χ1v) is 11.0. The number of nitrogens with one attached hydrogen (secondary N) is 2. The molecule has 0 bridgehead atoms. The van der Waals surface area contributed by atoms with Gasteiger partial charge in [-0.2, -0.15) is 0 Å². The van der Waals surface area contributed by atoms with Crippen LogP contribution in [-0.4, -0.2) is 39.0 Å². The van der Waals surface area contributed by atoms with E-state index in [9.17, 15) is 14.7 Å². The van der Waals surface area contributed by atoms with Crippen molar-refractivity contribution in [2.75, 3.05) is 13.7 Å². The Hall–Kier alpha value is -4.07. The van der Waals surface area contributed by atoms with Gasteiger partial charge in [0.25, 0.3) is 5.56 Å². The predicted molar refractivity (Wildman–Crippen MR) is 134 cm³/mol. The topological polar surface area (TPSA) is 112 Å². The van der Waals surface area contributed by atoms with Gasteiger partial charge in [0.2, 0.25) is 5.88 Å². The molecule has 0 unspecified atom stereocenters. The van der Waals surface area contributed by atoms with Crippen molar-refractivity contribution in [3.63, 3.8) is 0 Å². The molecule has 0 spiro atoms. The van der Waals surface area contributed by atoms with Gasteiger partial charge < -0.3 is 14.8 Å². The van der Waals surface area contributed by atoms with Crippen LogP contribution in [0.5, 0.6) is 11.6 Å². The average Bonchev–Trinajstić information content (AvgIpc) is 3.14. The zero-order valence-electron chi connectivity index (χ0n) is 19.9. The third-order valence-corrected chi connectivity index (χ3v) is 6.18. The number of hydrogen-bond donors (Lipinski definition) is 3. The number of nitrogens with zero attached hydrogens (tertiary/aromatic N) is 2. The summed E-state index contributed by atoms with van der Waals surface area (Å²) in [5.74, 6) is 0.159. The predicted octanol–water partition coefficient (Wildman–Crippen LogP) is 3.70. The second kappa shape index (κ2) is 9.05. The molecule has 2 aromatic heterocycles. The van der Waals surface area contributed by atoms with Gasteiger partial charge in [-0.3, -0.25) is 14.8 Å². The van der Waals surface area contributed by atoms with Gasteiger partial charge in [-0.15, -0.1) is 0 Å². The van der Waals surface area contributed by atoms with Crippen molar-refractivity contribution in [3.05, 3.63) is 85.2 Å². The summed E-state index contributed by atoms with van der Waals surface area (Å²) in [5, 5.41) is 12.1. The summed E-state index contributed by atoms with van der Waals surface area (Å²) in [5.41, 5.74) is 5.11. The molecule has 0 saturated heterocycles. The highest BCUT2D eigenvalue weighted by molar-refractivity contribution is 6.00. The molecule has 4 aromatic rings. The number of ether oxygens (including phenoxy) is 1. The minimum atomic E-state index is -0.732. The first-order chi connectivity index (χ1) is 16.2. The molecular formula is C26H28N4O4. The third-order valence-electron chi connectivity index (χ3n) is 6.18. The molecule has 4 rings (SSSR count). The number of H-pyrrole nitrogens is 2. The summed E-state index contributed by atoms with van der Waals surface area (Å²) < 4.78 is 6.19. The average molecular weight is 461 g/mol. The van der Waals surface area contributed by atoms with E-state index in [1.807, 2.05) is 6.92 Å². The molecule has 34 heavy (non-hydrogen) atoms. The van der Waals surface area contributed by atoms with E-state index in [1.165, 1.54) is 29.2 Å². The Morgan fingerprint density at radius 1 is 1.03 bits per heavy atom. The number of hydrogen-bond acceptors (Lipinski definition) is 5. The summed E-state index contributed by atoms with van der Waals surface area (Å²) in [4.78, 5) is 35.3. The number of aliphatic imine (C=N–C) groups is 1. The lowest BCUT2D eigenvalue weighted by Crippen LogP contribution is -2.32. The molecule has 2 aromatic carbocycles. The fraction of sp³-hybridized carbons (Fsp3) is 0.269. The lowest BCUT2D eigenvalue weighted by Gasteiger charge is -2.12. The summed E-state index contributed by atoms with van der Waals surface area (Å²) in [7, 11) is 1.54. The number of aromatic amines is 2. The van der Waals surface area contributed by atoms with Crippen LogP contribution in [0.25, 0.3) is 16.6 Å². The van der Waals surface area contributed by atoms with E-state index in [4.69, 9.17) is 4.74 Å². The second-order valence-corrected chi connectivity index (χ2v) is 8.39. The van der Waals surface area contributed by atoms with Crippen molar-refractivity contribution in [2.24, 2.45) is 4.99 Å². The van der Waals surface area contributed by atoms with Crippen LogP contribution in [0.15, 0.2) is 51.0 Å². The minimum Gasteiger partial charge on any atom is -0.497 e. The van der Waals surface area contributed by atoms with Crippen molar-refractivity contribution >= 4 is 16.6 Å². The highest BCUT2D eigenvalue weighted by Crippen LogP contribution is 2.28. The third kappa shape index (κ3) is 4.03. The molecule has 8 nitrogen and oxygen atoms in total. The first kappa shape index (κ1) is 23.1. The molecule has 0 atom stereocenters. The summed E-state index contributed by atoms with van der Waals surface area (Å²) in [6.45, 7) is 8.30. The Morgan fingerprint density at radius 2 is 1.71 bits per heavy atom. The molecule has 0 fully saturated rings. The molecule has 3 N–H and O–H groups in total. The minimum absolute atomic E-state index is 0.0295. The highest BCUT2D eigenvalue weighted by Gasteiger charge is 2.18. The number of aromatic nitrogens is 3. The van der Waals surface area contributed by atoms with Gasteiger partial charge in [-0.25, -0.2) is 9.36 Å². The van der Waals surface area contributed by atoms with Crippen LogP contribution in [0, 0.1) is 20.8 Å². The molecule has 8 heteroatoms. The van der Waals surface area contributed by atoms with E-state index in [0.29, 0.717) is 30.1 Å². The number of benzene rings is 2. The van der Waals surface area contributed by atoms with Gasteiger partial charge in [0, 0.05) is 28.9 Å². The second-order valence-electron chi connectivity index (χ2n) is 8.39. The van der Waals surface area contributed by atoms with E-state index >= 15 is 0 Å². The molecule has 0 saturated carbocycles. The molecular weight excluding hydrogens is 432 g/mol. The van der Waals surface area contributed by atoms with Crippen molar-refractivity contribution in [2.45, 2.75) is 34.1 Å². The molecule has 0 amide bonds. The van der Waals surface area contributed by atoms with Gasteiger partial charge in [-0.1, -0.05) is 12.1 Å². The van der Waals surface area contributed by atoms with E-state index < -0.39 is 17.1 Å². The Morgan fingerprint density at radius 3 is 2.38 bits per heavy atom. The zero-order chi connectivity index (χ0) is 24.6. The van der Waals surface area contributed by atoms with Crippen LogP contribution in [0.3, 0.4) is 0 Å². The normalized spacial score (nSPS) is 11.9. The van der Waals surface area contributed by atoms with Crippen LogP contribution < -0.4 is 16.0 Å². The van der Waals surface area contributed by atoms with Crippen LogP contribution in [-0.2, 0) is 6.42 Å². The fourth-order valence-electron chi connectivity index (χ4n) is 4.36. The first-order valence-electron chi connectivity index (χ1n) is 11.0. The van der Waals surface area contributed by atoms with E-state index in [0.717, 1.165) is 15.8 Å². The van der Waals surface area contributed by atoms with Crippen molar-refractivity contribution in [1.29, 1.82) is 0 Å². The maximum atomic E-state index is 12.6.